The van der Waals surface area contributed by atoms with Gasteiger partial charge in [-0.3, -0.25) is 4.79 Å². The van der Waals surface area contributed by atoms with Crippen molar-refractivity contribution in [1.29, 1.82) is 0 Å². The Bertz CT molecular complexity index is 1170. The highest BCUT2D eigenvalue weighted by Crippen LogP contribution is 2.35. The Balaban J connectivity index is 1.55. The van der Waals surface area contributed by atoms with Crippen molar-refractivity contribution in [2.75, 3.05) is 12.8 Å². The molecule has 0 aliphatic rings. The molecule has 2 aromatic carbocycles. The minimum Gasteiger partial charge on any atom is -0.497 e. The highest BCUT2D eigenvalue weighted by atomic mass is 32.1. The van der Waals surface area contributed by atoms with Crippen molar-refractivity contribution in [3.8, 4) is 17.0 Å². The number of pyridine rings is 1. The first-order chi connectivity index (χ1) is 14.0. The first kappa shape index (κ1) is 19.1. The predicted octanol–water partition coefficient (Wildman–Crippen LogP) is 5.51. The van der Waals surface area contributed by atoms with Gasteiger partial charge >= 0.3 is 0 Å². The van der Waals surface area contributed by atoms with Gasteiger partial charge in [-0.2, -0.15) is 0 Å². The molecule has 4 rings (SSSR count). The number of fused-ring (bicyclic) bond motifs is 1. The summed E-state index contributed by atoms with van der Waals surface area (Å²) in [5.74, 6) is 0.501. The highest BCUT2D eigenvalue weighted by Gasteiger charge is 2.17. The Kier molecular flexibility index (Phi) is 5.27. The Hall–Kier alpha value is -3.25. The molecule has 0 aliphatic heterocycles. The number of benzene rings is 2. The highest BCUT2D eigenvalue weighted by molar-refractivity contribution is 7.21. The summed E-state index contributed by atoms with van der Waals surface area (Å²) >= 11 is 1.31. The Morgan fingerprint density at radius 2 is 1.79 bits per heavy atom. The van der Waals surface area contributed by atoms with Gasteiger partial charge in [-0.25, -0.2) is 9.37 Å². The number of hydrogen-bond acceptors (Lipinski definition) is 5. The number of nitrogen functional groups attached to an aromatic ring is 1. The van der Waals surface area contributed by atoms with Gasteiger partial charge in [0.05, 0.1) is 23.4 Å². The molecule has 0 saturated heterocycles. The van der Waals surface area contributed by atoms with E-state index in [0.717, 1.165) is 28.0 Å². The van der Waals surface area contributed by atoms with Crippen molar-refractivity contribution < 1.29 is 13.9 Å². The molecule has 6 heteroatoms. The number of carbonyl (C=O) groups excluding carboxylic acids is 1. The summed E-state index contributed by atoms with van der Waals surface area (Å²) in [4.78, 5) is 18.6. The summed E-state index contributed by atoms with van der Waals surface area (Å²) in [6.45, 7) is 0. The number of Topliss-reactive ketones (excluding diaryl/α,β-unsaturated/α-hetero) is 1. The quantitative estimate of drug-likeness (QED) is 0.429. The average Bonchev–Trinajstić information content (AvgIpc) is 3.09. The monoisotopic (exact) mass is 406 g/mol. The smallest absolute Gasteiger partial charge is 0.175 e. The van der Waals surface area contributed by atoms with E-state index in [1.807, 2.05) is 36.4 Å². The first-order valence-corrected chi connectivity index (χ1v) is 9.98. The molecule has 0 spiro atoms. The average molecular weight is 406 g/mol. The molecule has 0 aliphatic carbocycles. The molecule has 4 aromatic rings. The third-order valence-corrected chi connectivity index (χ3v) is 5.94. The lowest BCUT2D eigenvalue weighted by atomic mass is 10.1. The van der Waals surface area contributed by atoms with Crippen molar-refractivity contribution in [3.05, 3.63) is 76.9 Å². The van der Waals surface area contributed by atoms with Crippen LogP contribution in [0.2, 0.25) is 0 Å². The van der Waals surface area contributed by atoms with Gasteiger partial charge in [-0.05, 0) is 60.5 Å². The van der Waals surface area contributed by atoms with Crippen molar-refractivity contribution in [3.63, 3.8) is 0 Å². The number of thiophene rings is 1. The second-order valence-electron chi connectivity index (χ2n) is 6.67. The fourth-order valence-electron chi connectivity index (χ4n) is 3.15. The number of anilines is 1. The molecule has 0 bridgehead atoms. The molecular formula is C23H19FN2O2S. The molecule has 2 aromatic heterocycles. The second-order valence-corrected chi connectivity index (χ2v) is 7.67. The summed E-state index contributed by atoms with van der Waals surface area (Å²) in [7, 11) is 1.62. The van der Waals surface area contributed by atoms with Crippen LogP contribution in [0.25, 0.3) is 21.5 Å². The van der Waals surface area contributed by atoms with E-state index in [-0.39, 0.29) is 11.6 Å². The Morgan fingerprint density at radius 1 is 1.07 bits per heavy atom. The van der Waals surface area contributed by atoms with E-state index in [9.17, 15) is 9.18 Å². The molecular weight excluding hydrogens is 387 g/mol. The van der Waals surface area contributed by atoms with Gasteiger partial charge < -0.3 is 10.5 Å². The van der Waals surface area contributed by atoms with Crippen molar-refractivity contribution >= 4 is 33.0 Å². The van der Waals surface area contributed by atoms with Crippen LogP contribution in [0.1, 0.15) is 21.7 Å². The summed E-state index contributed by atoms with van der Waals surface area (Å²) in [6.07, 6.45) is 0.999. The number of rotatable bonds is 6. The molecule has 29 heavy (non-hydrogen) atoms. The van der Waals surface area contributed by atoms with Gasteiger partial charge in [0, 0.05) is 17.4 Å². The van der Waals surface area contributed by atoms with Crippen LogP contribution in [0.5, 0.6) is 5.75 Å². The van der Waals surface area contributed by atoms with Crippen LogP contribution >= 0.6 is 11.3 Å². The van der Waals surface area contributed by atoms with Crippen LogP contribution in [0.15, 0.2) is 60.7 Å². The normalized spacial score (nSPS) is 11.0. The number of halogens is 1. The molecule has 0 saturated carbocycles. The van der Waals surface area contributed by atoms with E-state index in [2.05, 4.69) is 4.98 Å². The molecule has 0 fully saturated rings. The lowest BCUT2D eigenvalue weighted by Gasteiger charge is -2.03. The lowest BCUT2D eigenvalue weighted by molar-refractivity contribution is 0.0987. The number of hydrogen-bond donors (Lipinski definition) is 1. The molecule has 0 unspecified atom stereocenters. The van der Waals surface area contributed by atoms with Crippen LogP contribution in [-0.2, 0) is 6.42 Å². The molecule has 146 valence electrons. The van der Waals surface area contributed by atoms with Gasteiger partial charge in [0.1, 0.15) is 16.4 Å². The Morgan fingerprint density at radius 3 is 2.48 bits per heavy atom. The number of ether oxygens (including phenoxy) is 1. The third-order valence-electron chi connectivity index (χ3n) is 4.79. The lowest BCUT2D eigenvalue weighted by Crippen LogP contribution is -2.02. The van der Waals surface area contributed by atoms with Crippen LogP contribution in [-0.4, -0.2) is 17.9 Å². The van der Waals surface area contributed by atoms with Crippen molar-refractivity contribution in [2.45, 2.75) is 12.8 Å². The second kappa shape index (κ2) is 8.01. The van der Waals surface area contributed by atoms with Gasteiger partial charge in [-0.1, -0.05) is 12.1 Å². The fourth-order valence-corrected chi connectivity index (χ4v) is 4.21. The number of methoxy groups -OCH3 is 1. The van der Waals surface area contributed by atoms with Crippen LogP contribution in [0.3, 0.4) is 0 Å². The molecule has 0 atom stereocenters. The number of ketones is 1. The number of nitrogens with zero attached hydrogens (tertiary/aromatic N) is 1. The van der Waals surface area contributed by atoms with Crippen molar-refractivity contribution in [1.82, 2.24) is 4.98 Å². The molecule has 2 heterocycles. The van der Waals surface area contributed by atoms with E-state index >= 15 is 0 Å². The van der Waals surface area contributed by atoms with E-state index in [1.54, 1.807) is 19.2 Å². The fraction of sp³-hybridized carbons (Fsp3) is 0.130. The van der Waals surface area contributed by atoms with Crippen LogP contribution in [0, 0.1) is 5.82 Å². The molecule has 0 radical (unpaired) electrons. The maximum Gasteiger partial charge on any atom is 0.175 e. The van der Waals surface area contributed by atoms with E-state index in [4.69, 9.17) is 10.5 Å². The standard InChI is InChI=1S/C23H19FN2O2S/c1-28-17-9-2-14(3-10-17)4-13-20(27)22-21(25)18-11-12-19(26-23(18)29-22)15-5-7-16(24)8-6-15/h2-3,5-12H,4,13,25H2,1H3. The number of aryl methyl sites for hydroxylation is 1. The van der Waals surface area contributed by atoms with Gasteiger partial charge in [-0.15, -0.1) is 11.3 Å². The minimum atomic E-state index is -0.292. The van der Waals surface area contributed by atoms with Crippen LogP contribution < -0.4 is 10.5 Å². The SMILES string of the molecule is COc1ccc(CCC(=O)c2sc3nc(-c4ccc(F)cc4)ccc3c2N)cc1. The van der Waals surface area contributed by atoms with E-state index in [1.165, 1.54) is 23.5 Å². The summed E-state index contributed by atoms with van der Waals surface area (Å²) in [5.41, 5.74) is 9.31. The predicted molar refractivity (Wildman–Crippen MR) is 115 cm³/mol. The summed E-state index contributed by atoms with van der Waals surface area (Å²) in [6, 6.07) is 17.5. The zero-order valence-electron chi connectivity index (χ0n) is 15.8. The van der Waals surface area contributed by atoms with Crippen LogP contribution in [0.4, 0.5) is 10.1 Å². The van der Waals surface area contributed by atoms with Crippen molar-refractivity contribution in [2.24, 2.45) is 0 Å². The maximum absolute atomic E-state index is 13.2. The van der Waals surface area contributed by atoms with Gasteiger partial charge in [0.15, 0.2) is 5.78 Å². The first-order valence-electron chi connectivity index (χ1n) is 9.16. The van der Waals surface area contributed by atoms with E-state index in [0.29, 0.717) is 28.2 Å². The number of nitrogens with two attached hydrogens (primary N) is 1. The Labute approximate surface area is 171 Å². The van der Waals surface area contributed by atoms with Gasteiger partial charge in [0.25, 0.3) is 0 Å². The molecule has 0 amide bonds. The molecule has 2 N–H and O–H groups in total. The summed E-state index contributed by atoms with van der Waals surface area (Å²) in [5, 5.41) is 0.772. The molecule has 4 nitrogen and oxygen atoms in total. The maximum atomic E-state index is 13.2. The number of carbonyl (C=O) groups is 1. The topological polar surface area (TPSA) is 65.2 Å². The summed E-state index contributed by atoms with van der Waals surface area (Å²) < 4.78 is 18.3. The number of aromatic nitrogens is 1. The van der Waals surface area contributed by atoms with Gasteiger partial charge in [0.2, 0.25) is 0 Å². The van der Waals surface area contributed by atoms with E-state index < -0.39 is 0 Å². The largest absolute Gasteiger partial charge is 0.497 e. The zero-order valence-corrected chi connectivity index (χ0v) is 16.6. The minimum absolute atomic E-state index is 0.00431. The zero-order chi connectivity index (χ0) is 20.4. The third kappa shape index (κ3) is 3.98.